The lowest BCUT2D eigenvalue weighted by Crippen LogP contribution is -2.30. The van der Waals surface area contributed by atoms with E-state index >= 15 is 0 Å². The highest BCUT2D eigenvalue weighted by molar-refractivity contribution is 5.92. The van der Waals surface area contributed by atoms with Crippen LogP contribution in [0.1, 0.15) is 29.0 Å². The summed E-state index contributed by atoms with van der Waals surface area (Å²) in [5.74, 6) is -0.570. The molecule has 21 heavy (non-hydrogen) atoms. The van der Waals surface area contributed by atoms with Gasteiger partial charge in [-0.05, 0) is 13.0 Å². The second-order valence-corrected chi connectivity index (χ2v) is 4.90. The third-order valence-corrected chi connectivity index (χ3v) is 3.50. The number of carbonyl (C=O) groups excluding carboxylic acids is 1. The molecule has 1 heterocycles. The average molecular weight is 290 g/mol. The van der Waals surface area contributed by atoms with E-state index in [-0.39, 0.29) is 17.8 Å². The van der Waals surface area contributed by atoms with Gasteiger partial charge in [0.2, 0.25) is 0 Å². The number of hydrogen-bond acceptors (Lipinski definition) is 3. The number of nitrogens with two attached hydrogens (primary N) is 1. The van der Waals surface area contributed by atoms with Crippen molar-refractivity contribution in [2.45, 2.75) is 19.5 Å². The first-order valence-electron chi connectivity index (χ1n) is 6.78. The molecule has 2 N–H and O–H groups in total. The van der Waals surface area contributed by atoms with Gasteiger partial charge >= 0.3 is 0 Å². The molecule has 2 aromatic rings. The lowest BCUT2D eigenvalue weighted by atomic mass is 10.1. The van der Waals surface area contributed by atoms with E-state index in [9.17, 15) is 9.18 Å². The highest BCUT2D eigenvalue weighted by Crippen LogP contribution is 2.22. The van der Waals surface area contributed by atoms with Crippen LogP contribution in [0.2, 0.25) is 0 Å². The number of hydrogen-bond donors (Lipinski definition) is 1. The second kappa shape index (κ2) is 6.49. The molecule has 0 spiro atoms. The van der Waals surface area contributed by atoms with Gasteiger partial charge in [-0.3, -0.25) is 4.79 Å². The summed E-state index contributed by atoms with van der Waals surface area (Å²) in [6.07, 6.45) is 3.22. The van der Waals surface area contributed by atoms with Crippen LogP contribution >= 0.6 is 0 Å². The van der Waals surface area contributed by atoms with Crippen molar-refractivity contribution < 1.29 is 9.18 Å². The van der Waals surface area contributed by atoms with Crippen LogP contribution < -0.4 is 5.73 Å². The van der Waals surface area contributed by atoms with Crippen molar-refractivity contribution in [2.24, 2.45) is 5.73 Å². The lowest BCUT2D eigenvalue weighted by Gasteiger charge is -2.24. The standard InChI is InChI=1S/C15H19FN4O/c1-11(12-5-3-4-6-13(12)16)19(2)15(21)14-9-20(8-7-17)10-18-14/h3-6,9-11H,7-8,17H2,1-2H3. The number of halogens is 1. The van der Waals surface area contributed by atoms with Gasteiger partial charge in [0.15, 0.2) is 0 Å². The maximum absolute atomic E-state index is 13.8. The van der Waals surface area contributed by atoms with Gasteiger partial charge in [-0.15, -0.1) is 0 Å². The summed E-state index contributed by atoms with van der Waals surface area (Å²) >= 11 is 0. The van der Waals surface area contributed by atoms with Crippen molar-refractivity contribution in [2.75, 3.05) is 13.6 Å². The lowest BCUT2D eigenvalue weighted by molar-refractivity contribution is 0.0735. The van der Waals surface area contributed by atoms with E-state index in [2.05, 4.69) is 4.98 Å². The number of imidazole rings is 1. The van der Waals surface area contributed by atoms with Gasteiger partial charge in [0, 0.05) is 31.9 Å². The van der Waals surface area contributed by atoms with Crippen LogP contribution in [0, 0.1) is 5.82 Å². The first-order valence-corrected chi connectivity index (χ1v) is 6.78. The Morgan fingerprint density at radius 3 is 2.86 bits per heavy atom. The van der Waals surface area contributed by atoms with Crippen LogP contribution in [0.4, 0.5) is 4.39 Å². The molecule has 0 bridgehead atoms. The molecule has 1 amide bonds. The van der Waals surface area contributed by atoms with E-state index in [1.54, 1.807) is 49.3 Å². The molecule has 1 atom stereocenters. The summed E-state index contributed by atoms with van der Waals surface area (Å²) in [6, 6.07) is 6.07. The molecule has 6 heteroatoms. The van der Waals surface area contributed by atoms with Crippen molar-refractivity contribution in [3.63, 3.8) is 0 Å². The summed E-state index contributed by atoms with van der Waals surface area (Å²) in [5.41, 5.74) is 6.27. The van der Waals surface area contributed by atoms with Gasteiger partial charge in [-0.2, -0.15) is 0 Å². The molecule has 0 aliphatic carbocycles. The molecule has 0 saturated heterocycles. The first kappa shape index (κ1) is 15.2. The zero-order valence-corrected chi connectivity index (χ0v) is 12.2. The van der Waals surface area contributed by atoms with Crippen LogP contribution in [0.3, 0.4) is 0 Å². The molecule has 0 aliphatic heterocycles. The fourth-order valence-electron chi connectivity index (χ4n) is 2.12. The summed E-state index contributed by atoms with van der Waals surface area (Å²) in [5, 5.41) is 0. The minimum atomic E-state index is -0.377. The van der Waals surface area contributed by atoms with Gasteiger partial charge in [0.25, 0.3) is 5.91 Å². The number of benzene rings is 1. The van der Waals surface area contributed by atoms with Crippen molar-refractivity contribution in [1.82, 2.24) is 14.5 Å². The van der Waals surface area contributed by atoms with Gasteiger partial charge < -0.3 is 15.2 Å². The smallest absolute Gasteiger partial charge is 0.274 e. The Hall–Kier alpha value is -2.21. The molecule has 2 rings (SSSR count). The monoisotopic (exact) mass is 290 g/mol. The summed E-state index contributed by atoms with van der Waals surface area (Å²) in [7, 11) is 1.64. The van der Waals surface area contributed by atoms with E-state index in [0.717, 1.165) is 0 Å². The van der Waals surface area contributed by atoms with Crippen molar-refractivity contribution in [3.05, 3.63) is 53.9 Å². The predicted octanol–water partition coefficient (Wildman–Crippen LogP) is 1.81. The maximum atomic E-state index is 13.8. The summed E-state index contributed by atoms with van der Waals surface area (Å²) in [6.45, 7) is 2.87. The molecular formula is C15H19FN4O. The molecular weight excluding hydrogens is 271 g/mol. The summed E-state index contributed by atoms with van der Waals surface area (Å²) in [4.78, 5) is 17.9. The third-order valence-electron chi connectivity index (χ3n) is 3.50. The highest BCUT2D eigenvalue weighted by atomic mass is 19.1. The Morgan fingerprint density at radius 1 is 1.48 bits per heavy atom. The van der Waals surface area contributed by atoms with Crippen molar-refractivity contribution in [3.8, 4) is 0 Å². The Bertz CT molecular complexity index is 626. The Morgan fingerprint density at radius 2 is 2.19 bits per heavy atom. The zero-order chi connectivity index (χ0) is 15.4. The minimum Gasteiger partial charge on any atom is -0.335 e. The van der Waals surface area contributed by atoms with Crippen molar-refractivity contribution >= 4 is 5.91 Å². The van der Waals surface area contributed by atoms with Crippen LogP contribution in [0.25, 0.3) is 0 Å². The highest BCUT2D eigenvalue weighted by Gasteiger charge is 2.22. The maximum Gasteiger partial charge on any atom is 0.274 e. The second-order valence-electron chi connectivity index (χ2n) is 4.90. The van der Waals surface area contributed by atoms with Gasteiger partial charge in [-0.1, -0.05) is 18.2 Å². The molecule has 0 fully saturated rings. The molecule has 0 aliphatic rings. The van der Waals surface area contributed by atoms with E-state index in [4.69, 9.17) is 5.73 Å². The zero-order valence-electron chi connectivity index (χ0n) is 12.2. The van der Waals surface area contributed by atoms with E-state index in [1.165, 1.54) is 11.0 Å². The average Bonchev–Trinajstić information content (AvgIpc) is 2.94. The topological polar surface area (TPSA) is 64.2 Å². The number of rotatable bonds is 5. The van der Waals surface area contributed by atoms with Crippen LogP contribution in [0.5, 0.6) is 0 Å². The molecule has 5 nitrogen and oxygen atoms in total. The van der Waals surface area contributed by atoms with E-state index < -0.39 is 0 Å². The summed E-state index contributed by atoms with van der Waals surface area (Å²) < 4.78 is 15.6. The third kappa shape index (κ3) is 3.28. The van der Waals surface area contributed by atoms with E-state index in [1.807, 2.05) is 0 Å². The van der Waals surface area contributed by atoms with E-state index in [0.29, 0.717) is 24.3 Å². The quantitative estimate of drug-likeness (QED) is 0.913. The Kier molecular flexibility index (Phi) is 4.70. The minimum absolute atomic E-state index is 0.249. The molecule has 1 aromatic carbocycles. The number of amides is 1. The van der Waals surface area contributed by atoms with Crippen LogP contribution in [0.15, 0.2) is 36.8 Å². The van der Waals surface area contributed by atoms with Gasteiger partial charge in [-0.25, -0.2) is 9.37 Å². The Balaban J connectivity index is 2.16. The Labute approximate surface area is 123 Å². The molecule has 1 aromatic heterocycles. The number of carbonyl (C=O) groups is 1. The van der Waals surface area contributed by atoms with Crippen molar-refractivity contribution in [1.29, 1.82) is 0 Å². The SMILES string of the molecule is CC(c1ccccc1F)N(C)C(=O)c1cn(CCN)cn1. The fourth-order valence-corrected chi connectivity index (χ4v) is 2.12. The molecule has 0 saturated carbocycles. The number of aromatic nitrogens is 2. The predicted molar refractivity (Wildman–Crippen MR) is 78.2 cm³/mol. The van der Waals surface area contributed by atoms with Crippen LogP contribution in [-0.4, -0.2) is 34.0 Å². The molecule has 0 radical (unpaired) electrons. The first-order chi connectivity index (χ1) is 10.0. The largest absolute Gasteiger partial charge is 0.335 e. The molecule has 112 valence electrons. The van der Waals surface area contributed by atoms with Crippen LogP contribution in [-0.2, 0) is 6.54 Å². The number of nitrogens with zero attached hydrogens (tertiary/aromatic N) is 3. The van der Waals surface area contributed by atoms with Gasteiger partial charge in [0.1, 0.15) is 11.5 Å². The fraction of sp³-hybridized carbons (Fsp3) is 0.333. The van der Waals surface area contributed by atoms with Gasteiger partial charge in [0.05, 0.1) is 12.4 Å². The normalized spacial score (nSPS) is 12.2. The molecule has 1 unspecified atom stereocenters.